The fourth-order valence-electron chi connectivity index (χ4n) is 1.33. The summed E-state index contributed by atoms with van der Waals surface area (Å²) in [5.74, 6) is 0.709. The number of nitrogens with zero attached hydrogens (tertiary/aromatic N) is 2. The number of carbonyl (C=O) groups excluding carboxylic acids is 1. The average molecular weight is 287 g/mol. The van der Waals surface area contributed by atoms with E-state index in [9.17, 15) is 4.79 Å². The first-order chi connectivity index (χ1) is 7.65. The van der Waals surface area contributed by atoms with Gasteiger partial charge in [-0.2, -0.15) is 0 Å². The molecule has 0 amide bonds. The molecule has 4 nitrogen and oxygen atoms in total. The number of aromatic nitrogens is 1. The summed E-state index contributed by atoms with van der Waals surface area (Å²) in [5, 5.41) is 0. The van der Waals surface area contributed by atoms with E-state index in [-0.39, 0.29) is 5.97 Å². The molecule has 1 aromatic heterocycles. The minimum absolute atomic E-state index is 0.173. The Morgan fingerprint density at radius 2 is 2.38 bits per heavy atom. The molecule has 0 bridgehead atoms. The van der Waals surface area contributed by atoms with Crippen LogP contribution < -0.4 is 4.90 Å². The summed E-state index contributed by atoms with van der Waals surface area (Å²) in [5.41, 5.74) is 0. The van der Waals surface area contributed by atoms with Crippen molar-refractivity contribution in [2.45, 2.75) is 12.8 Å². The van der Waals surface area contributed by atoms with Gasteiger partial charge in [-0.05, 0) is 34.5 Å². The number of pyridine rings is 1. The van der Waals surface area contributed by atoms with Crippen LogP contribution in [0.15, 0.2) is 22.8 Å². The summed E-state index contributed by atoms with van der Waals surface area (Å²) in [6, 6.07) is 3.81. The number of anilines is 1. The Morgan fingerprint density at radius 3 is 3.00 bits per heavy atom. The lowest BCUT2D eigenvalue weighted by Gasteiger charge is -2.18. The van der Waals surface area contributed by atoms with Crippen molar-refractivity contribution in [2.24, 2.45) is 0 Å². The number of esters is 1. The van der Waals surface area contributed by atoms with Crippen molar-refractivity contribution in [1.29, 1.82) is 0 Å². The normalized spacial score (nSPS) is 9.94. The maximum Gasteiger partial charge on any atom is 0.305 e. The molecular weight excluding hydrogens is 272 g/mol. The molecular formula is C11H15BrN2O2. The summed E-state index contributed by atoms with van der Waals surface area (Å²) in [7, 11) is 3.35. The van der Waals surface area contributed by atoms with Gasteiger partial charge in [-0.1, -0.05) is 0 Å². The lowest BCUT2D eigenvalue weighted by atomic mass is 10.3. The van der Waals surface area contributed by atoms with Gasteiger partial charge in [0.15, 0.2) is 0 Å². The summed E-state index contributed by atoms with van der Waals surface area (Å²) in [6.45, 7) is 0.769. The van der Waals surface area contributed by atoms with Crippen LogP contribution in [0, 0.1) is 0 Å². The lowest BCUT2D eigenvalue weighted by molar-refractivity contribution is -0.140. The van der Waals surface area contributed by atoms with Gasteiger partial charge < -0.3 is 9.64 Å². The molecule has 0 saturated carbocycles. The molecule has 0 N–H and O–H groups in total. The van der Waals surface area contributed by atoms with Crippen LogP contribution in [-0.2, 0) is 9.53 Å². The smallest absolute Gasteiger partial charge is 0.305 e. The van der Waals surface area contributed by atoms with E-state index in [4.69, 9.17) is 0 Å². The maximum atomic E-state index is 10.9. The van der Waals surface area contributed by atoms with Crippen molar-refractivity contribution in [3.8, 4) is 0 Å². The Kier molecular flexibility index (Phi) is 5.25. The second kappa shape index (κ2) is 6.48. The number of hydrogen-bond acceptors (Lipinski definition) is 4. The van der Waals surface area contributed by atoms with Gasteiger partial charge in [0.25, 0.3) is 0 Å². The van der Waals surface area contributed by atoms with Crippen LogP contribution in [0.3, 0.4) is 0 Å². The van der Waals surface area contributed by atoms with E-state index in [1.165, 1.54) is 7.11 Å². The lowest BCUT2D eigenvalue weighted by Crippen LogP contribution is -2.21. The van der Waals surface area contributed by atoms with Crippen LogP contribution in [0.4, 0.5) is 5.82 Å². The highest BCUT2D eigenvalue weighted by molar-refractivity contribution is 9.10. The van der Waals surface area contributed by atoms with Crippen molar-refractivity contribution >= 4 is 27.7 Å². The van der Waals surface area contributed by atoms with Gasteiger partial charge >= 0.3 is 5.97 Å². The van der Waals surface area contributed by atoms with E-state index in [1.54, 1.807) is 6.20 Å². The number of halogens is 1. The summed E-state index contributed by atoms with van der Waals surface area (Å²) >= 11 is 3.44. The second-order valence-corrected chi connectivity index (χ2v) is 4.26. The molecule has 0 aliphatic rings. The van der Waals surface area contributed by atoms with E-state index >= 15 is 0 Å². The van der Waals surface area contributed by atoms with Gasteiger partial charge in [0, 0.05) is 26.2 Å². The molecule has 0 aliphatic heterocycles. The zero-order valence-electron chi connectivity index (χ0n) is 9.44. The van der Waals surface area contributed by atoms with Crippen LogP contribution in [0.5, 0.6) is 0 Å². The molecule has 0 saturated heterocycles. The highest BCUT2D eigenvalue weighted by Crippen LogP contribution is 2.21. The standard InChI is InChI=1S/C11H15BrN2O2/c1-14(8-4-6-10(15)16-2)11-9(12)5-3-7-13-11/h3,5,7H,4,6,8H2,1-2H3. The Labute approximate surface area is 104 Å². The first-order valence-corrected chi connectivity index (χ1v) is 5.83. The first-order valence-electron chi connectivity index (χ1n) is 5.03. The topological polar surface area (TPSA) is 42.4 Å². The Morgan fingerprint density at radius 1 is 1.62 bits per heavy atom. The molecule has 0 aromatic carbocycles. The molecule has 0 atom stereocenters. The summed E-state index contributed by atoms with van der Waals surface area (Å²) in [6.07, 6.45) is 2.94. The predicted molar refractivity (Wildman–Crippen MR) is 66.5 cm³/mol. The van der Waals surface area contributed by atoms with E-state index in [2.05, 4.69) is 25.7 Å². The van der Waals surface area contributed by atoms with E-state index < -0.39 is 0 Å². The van der Waals surface area contributed by atoms with Crippen LogP contribution >= 0.6 is 15.9 Å². The van der Waals surface area contributed by atoms with Crippen LogP contribution in [-0.4, -0.2) is 31.7 Å². The quantitative estimate of drug-likeness (QED) is 0.779. The second-order valence-electron chi connectivity index (χ2n) is 3.41. The SMILES string of the molecule is COC(=O)CCCN(C)c1ncccc1Br. The molecule has 5 heteroatoms. The van der Waals surface area contributed by atoms with Gasteiger partial charge in [-0.25, -0.2) is 4.98 Å². The van der Waals surface area contributed by atoms with Crippen molar-refractivity contribution in [3.05, 3.63) is 22.8 Å². The number of ether oxygens (including phenoxy) is 1. The summed E-state index contributed by atoms with van der Waals surface area (Å²) in [4.78, 5) is 17.2. The zero-order valence-corrected chi connectivity index (χ0v) is 11.0. The van der Waals surface area contributed by atoms with Gasteiger partial charge in [-0.3, -0.25) is 4.79 Å². The number of rotatable bonds is 5. The number of methoxy groups -OCH3 is 1. The molecule has 0 aliphatic carbocycles. The van der Waals surface area contributed by atoms with Gasteiger partial charge in [0.1, 0.15) is 5.82 Å². The maximum absolute atomic E-state index is 10.9. The molecule has 0 spiro atoms. The molecule has 1 aromatic rings. The highest BCUT2D eigenvalue weighted by atomic mass is 79.9. The van der Waals surface area contributed by atoms with Gasteiger partial charge in [-0.15, -0.1) is 0 Å². The molecule has 88 valence electrons. The van der Waals surface area contributed by atoms with Crippen molar-refractivity contribution < 1.29 is 9.53 Å². The van der Waals surface area contributed by atoms with Crippen molar-refractivity contribution in [2.75, 3.05) is 25.6 Å². The van der Waals surface area contributed by atoms with Gasteiger partial charge in [0.2, 0.25) is 0 Å². The Bertz CT molecular complexity index is 358. The molecule has 1 rings (SSSR count). The molecule has 0 fully saturated rings. The fraction of sp³-hybridized carbons (Fsp3) is 0.455. The largest absolute Gasteiger partial charge is 0.469 e. The van der Waals surface area contributed by atoms with Crippen molar-refractivity contribution in [3.63, 3.8) is 0 Å². The molecule has 0 radical (unpaired) electrons. The van der Waals surface area contributed by atoms with Crippen molar-refractivity contribution in [1.82, 2.24) is 4.98 Å². The minimum atomic E-state index is -0.173. The zero-order chi connectivity index (χ0) is 12.0. The predicted octanol–water partition coefficient (Wildman–Crippen LogP) is 2.23. The van der Waals surface area contributed by atoms with E-state index in [0.717, 1.165) is 23.3 Å². The molecule has 1 heterocycles. The fourth-order valence-corrected chi connectivity index (χ4v) is 1.88. The van der Waals surface area contributed by atoms with Crippen LogP contribution in [0.2, 0.25) is 0 Å². The number of carbonyl (C=O) groups is 1. The third-order valence-electron chi connectivity index (χ3n) is 2.20. The van der Waals surface area contributed by atoms with E-state index in [1.807, 2.05) is 24.1 Å². The minimum Gasteiger partial charge on any atom is -0.469 e. The molecule has 0 unspecified atom stereocenters. The number of hydrogen-bond donors (Lipinski definition) is 0. The molecule has 16 heavy (non-hydrogen) atoms. The average Bonchev–Trinajstić information content (AvgIpc) is 2.29. The van der Waals surface area contributed by atoms with Gasteiger partial charge in [0.05, 0.1) is 11.6 Å². The highest BCUT2D eigenvalue weighted by Gasteiger charge is 2.07. The van der Waals surface area contributed by atoms with Crippen LogP contribution in [0.25, 0.3) is 0 Å². The van der Waals surface area contributed by atoms with E-state index in [0.29, 0.717) is 6.42 Å². The van der Waals surface area contributed by atoms with Crippen LogP contribution in [0.1, 0.15) is 12.8 Å². The Hall–Kier alpha value is -1.10. The Balaban J connectivity index is 2.44. The third kappa shape index (κ3) is 3.81. The monoisotopic (exact) mass is 286 g/mol. The summed E-state index contributed by atoms with van der Waals surface area (Å²) < 4.78 is 5.53. The third-order valence-corrected chi connectivity index (χ3v) is 2.82. The first kappa shape index (κ1) is 13.0.